The summed E-state index contributed by atoms with van der Waals surface area (Å²) >= 11 is 0. The average Bonchev–Trinajstić information content (AvgIpc) is 2.47. The Morgan fingerprint density at radius 2 is 1.75 bits per heavy atom. The molecule has 1 nitrogen and oxygen atoms in total. The third-order valence-electron chi connectivity index (χ3n) is 3.13. The van der Waals surface area contributed by atoms with Crippen LogP contribution in [0.5, 0.6) is 0 Å². The Morgan fingerprint density at radius 3 is 2.33 bits per heavy atom. The Kier molecular flexibility index (Phi) is 4.07. The second kappa shape index (κ2) is 4.86. The number of nitrogens with two attached hydrogens (primary N) is 1. The summed E-state index contributed by atoms with van der Waals surface area (Å²) in [5.41, 5.74) is 6.49. The van der Waals surface area contributed by atoms with E-state index in [0.717, 1.165) is 0 Å². The van der Waals surface area contributed by atoms with Gasteiger partial charge in [-0.3, -0.25) is 0 Å². The van der Waals surface area contributed by atoms with Crippen LogP contribution in [0.4, 0.5) is 0 Å². The van der Waals surface area contributed by atoms with Gasteiger partial charge in [-0.15, -0.1) is 0 Å². The molecular weight excluding hydrogens is 146 g/mol. The molecule has 0 bridgehead atoms. The Labute approximate surface area is 76.7 Å². The van der Waals surface area contributed by atoms with Crippen molar-refractivity contribution in [1.82, 2.24) is 0 Å². The molecule has 0 aromatic rings. The minimum atomic E-state index is 0.244. The van der Waals surface area contributed by atoms with Crippen molar-refractivity contribution in [1.29, 1.82) is 0 Å². The van der Waals surface area contributed by atoms with Crippen LogP contribution in [-0.2, 0) is 0 Å². The molecule has 0 atom stereocenters. The third-order valence-corrected chi connectivity index (χ3v) is 3.13. The van der Waals surface area contributed by atoms with Crippen LogP contribution in [0.3, 0.4) is 0 Å². The molecule has 1 rings (SSSR count). The second-order valence-electron chi connectivity index (χ2n) is 4.38. The van der Waals surface area contributed by atoms with Gasteiger partial charge in [0.1, 0.15) is 0 Å². The zero-order valence-corrected chi connectivity index (χ0v) is 8.44. The highest BCUT2D eigenvalue weighted by Gasteiger charge is 2.27. The minimum absolute atomic E-state index is 0.244. The number of hydrogen-bond acceptors (Lipinski definition) is 1. The van der Waals surface area contributed by atoms with Crippen molar-refractivity contribution in [3.8, 4) is 0 Å². The largest absolute Gasteiger partial charge is 0.325 e. The van der Waals surface area contributed by atoms with Gasteiger partial charge in [0.15, 0.2) is 0 Å². The second-order valence-corrected chi connectivity index (χ2v) is 4.38. The summed E-state index contributed by atoms with van der Waals surface area (Å²) in [4.78, 5) is 0. The zero-order chi connectivity index (χ0) is 8.86. The van der Waals surface area contributed by atoms with Crippen LogP contribution in [0.25, 0.3) is 0 Å². The summed E-state index contributed by atoms with van der Waals surface area (Å²) in [5.74, 6) is 0. The van der Waals surface area contributed by atoms with Crippen molar-refractivity contribution < 1.29 is 0 Å². The maximum absolute atomic E-state index is 6.24. The molecule has 1 saturated carbocycles. The minimum Gasteiger partial charge on any atom is -0.325 e. The zero-order valence-electron chi connectivity index (χ0n) is 8.44. The summed E-state index contributed by atoms with van der Waals surface area (Å²) in [7, 11) is 0. The molecule has 2 N–H and O–H groups in total. The van der Waals surface area contributed by atoms with Crippen LogP contribution >= 0.6 is 0 Å². The normalized spacial score (nSPS) is 21.5. The Morgan fingerprint density at radius 1 is 1.08 bits per heavy atom. The standard InChI is InChI=1S/C11H23N/c1-2-3-4-5-8-11(12)9-6-7-10-11/h2-10,12H2,1H3. The Hall–Kier alpha value is -0.0400. The highest BCUT2D eigenvalue weighted by atomic mass is 14.7. The lowest BCUT2D eigenvalue weighted by molar-refractivity contribution is 0.385. The quantitative estimate of drug-likeness (QED) is 0.628. The van der Waals surface area contributed by atoms with E-state index in [1.165, 1.54) is 57.8 Å². The Balaban J connectivity index is 2.05. The maximum Gasteiger partial charge on any atom is 0.0154 e. The monoisotopic (exact) mass is 169 g/mol. The molecule has 0 heterocycles. The van der Waals surface area contributed by atoms with Crippen LogP contribution in [0.2, 0.25) is 0 Å². The van der Waals surface area contributed by atoms with E-state index in [-0.39, 0.29) is 5.54 Å². The number of hydrogen-bond donors (Lipinski definition) is 1. The van der Waals surface area contributed by atoms with Crippen molar-refractivity contribution in [2.24, 2.45) is 5.73 Å². The summed E-state index contributed by atoms with van der Waals surface area (Å²) in [6.45, 7) is 2.26. The molecule has 0 saturated heterocycles. The van der Waals surface area contributed by atoms with Gasteiger partial charge in [-0.2, -0.15) is 0 Å². The first-order chi connectivity index (χ1) is 5.77. The van der Waals surface area contributed by atoms with Gasteiger partial charge in [0.2, 0.25) is 0 Å². The molecule has 1 heteroatoms. The topological polar surface area (TPSA) is 26.0 Å². The van der Waals surface area contributed by atoms with Crippen LogP contribution in [0.1, 0.15) is 64.7 Å². The summed E-state index contributed by atoms with van der Waals surface area (Å²) in [5, 5.41) is 0. The van der Waals surface area contributed by atoms with E-state index in [4.69, 9.17) is 5.73 Å². The fourth-order valence-corrected chi connectivity index (χ4v) is 2.23. The molecular formula is C11H23N. The van der Waals surface area contributed by atoms with Crippen molar-refractivity contribution in [2.45, 2.75) is 70.3 Å². The summed E-state index contributed by atoms with van der Waals surface area (Å²) < 4.78 is 0. The van der Waals surface area contributed by atoms with Crippen LogP contribution < -0.4 is 5.73 Å². The SMILES string of the molecule is CCCCCCC1(N)CCCC1. The van der Waals surface area contributed by atoms with Crippen molar-refractivity contribution in [3.63, 3.8) is 0 Å². The number of unbranched alkanes of at least 4 members (excludes halogenated alkanes) is 3. The van der Waals surface area contributed by atoms with Gasteiger partial charge < -0.3 is 5.73 Å². The molecule has 0 spiro atoms. The van der Waals surface area contributed by atoms with Crippen molar-refractivity contribution in [2.75, 3.05) is 0 Å². The number of rotatable bonds is 5. The molecule has 0 unspecified atom stereocenters. The molecule has 1 aliphatic carbocycles. The van der Waals surface area contributed by atoms with Gasteiger partial charge in [-0.1, -0.05) is 45.4 Å². The van der Waals surface area contributed by atoms with Gasteiger partial charge in [0.05, 0.1) is 0 Å². The Bertz CT molecular complexity index is 114. The molecule has 0 aromatic carbocycles. The lowest BCUT2D eigenvalue weighted by atomic mass is 9.92. The van der Waals surface area contributed by atoms with E-state index < -0.39 is 0 Å². The maximum atomic E-state index is 6.24. The molecule has 0 radical (unpaired) electrons. The van der Waals surface area contributed by atoms with Gasteiger partial charge in [-0.05, 0) is 19.3 Å². The van der Waals surface area contributed by atoms with E-state index in [0.29, 0.717) is 0 Å². The molecule has 1 aliphatic rings. The molecule has 72 valence electrons. The van der Waals surface area contributed by atoms with Crippen molar-refractivity contribution in [3.05, 3.63) is 0 Å². The predicted octanol–water partition coefficient (Wildman–Crippen LogP) is 3.23. The van der Waals surface area contributed by atoms with Crippen LogP contribution in [0.15, 0.2) is 0 Å². The first kappa shape index (κ1) is 10.0. The molecule has 12 heavy (non-hydrogen) atoms. The van der Waals surface area contributed by atoms with E-state index in [1.54, 1.807) is 0 Å². The van der Waals surface area contributed by atoms with E-state index in [1.807, 2.05) is 0 Å². The molecule has 0 aliphatic heterocycles. The first-order valence-corrected chi connectivity index (χ1v) is 5.56. The van der Waals surface area contributed by atoms with Gasteiger partial charge in [-0.25, -0.2) is 0 Å². The van der Waals surface area contributed by atoms with Gasteiger partial charge >= 0.3 is 0 Å². The van der Waals surface area contributed by atoms with Crippen molar-refractivity contribution >= 4 is 0 Å². The lowest BCUT2D eigenvalue weighted by Crippen LogP contribution is -2.35. The van der Waals surface area contributed by atoms with E-state index >= 15 is 0 Å². The lowest BCUT2D eigenvalue weighted by Gasteiger charge is -2.23. The highest BCUT2D eigenvalue weighted by Crippen LogP contribution is 2.31. The first-order valence-electron chi connectivity index (χ1n) is 5.56. The summed E-state index contributed by atoms with van der Waals surface area (Å²) in [6, 6.07) is 0. The third kappa shape index (κ3) is 3.14. The van der Waals surface area contributed by atoms with Crippen LogP contribution in [-0.4, -0.2) is 5.54 Å². The van der Waals surface area contributed by atoms with Gasteiger partial charge in [0, 0.05) is 5.54 Å². The van der Waals surface area contributed by atoms with Gasteiger partial charge in [0.25, 0.3) is 0 Å². The van der Waals surface area contributed by atoms with E-state index in [2.05, 4.69) is 6.92 Å². The predicted molar refractivity (Wildman–Crippen MR) is 54.1 cm³/mol. The molecule has 0 amide bonds. The molecule has 1 fully saturated rings. The fourth-order valence-electron chi connectivity index (χ4n) is 2.23. The van der Waals surface area contributed by atoms with E-state index in [9.17, 15) is 0 Å². The highest BCUT2D eigenvalue weighted by molar-refractivity contribution is 4.88. The fraction of sp³-hybridized carbons (Fsp3) is 1.00. The van der Waals surface area contributed by atoms with Crippen LogP contribution in [0, 0.1) is 0 Å². The summed E-state index contributed by atoms with van der Waals surface area (Å²) in [6.07, 6.45) is 12.0. The molecule has 0 aromatic heterocycles. The smallest absolute Gasteiger partial charge is 0.0154 e. The average molecular weight is 169 g/mol.